The van der Waals surface area contributed by atoms with Crippen molar-refractivity contribution in [2.24, 2.45) is 23.7 Å². The largest absolute Gasteiger partial charge is 0.425 e. The fourth-order valence-electron chi connectivity index (χ4n) is 5.36. The number of carbonyl (C=O) groups is 1. The highest BCUT2D eigenvalue weighted by Crippen LogP contribution is 2.38. The van der Waals surface area contributed by atoms with E-state index in [4.69, 9.17) is 4.74 Å². The molecule has 1 aromatic heterocycles. The van der Waals surface area contributed by atoms with Crippen molar-refractivity contribution in [3.05, 3.63) is 24.0 Å². The quantitative estimate of drug-likeness (QED) is 0.324. The maximum atomic E-state index is 12.4. The molecule has 3 nitrogen and oxygen atoms in total. The van der Waals surface area contributed by atoms with E-state index >= 15 is 0 Å². The Morgan fingerprint density at radius 2 is 1.48 bits per heavy atom. The molecule has 0 saturated heterocycles. The van der Waals surface area contributed by atoms with E-state index in [9.17, 15) is 4.79 Å². The molecule has 1 aromatic rings. The number of ether oxygens (including phenoxy) is 1. The van der Waals surface area contributed by atoms with Gasteiger partial charge in [-0.2, -0.15) is 0 Å². The number of aromatic nitrogens is 1. The Morgan fingerprint density at radius 1 is 0.897 bits per heavy atom. The average molecular weight is 400 g/mol. The highest BCUT2D eigenvalue weighted by molar-refractivity contribution is 5.75. The molecule has 0 spiro atoms. The number of aryl methyl sites for hydroxylation is 1. The van der Waals surface area contributed by atoms with Crippen LogP contribution in [0.1, 0.15) is 103 Å². The first-order valence-electron chi connectivity index (χ1n) is 12.3. The summed E-state index contributed by atoms with van der Waals surface area (Å²) in [5.41, 5.74) is 0.940. The van der Waals surface area contributed by atoms with Gasteiger partial charge in [0.05, 0.1) is 12.1 Å². The van der Waals surface area contributed by atoms with Gasteiger partial charge in [0.2, 0.25) is 0 Å². The first-order valence-corrected chi connectivity index (χ1v) is 12.3. The van der Waals surface area contributed by atoms with E-state index in [1.807, 2.05) is 19.1 Å². The van der Waals surface area contributed by atoms with Crippen molar-refractivity contribution in [1.82, 2.24) is 4.98 Å². The third kappa shape index (κ3) is 7.42. The van der Waals surface area contributed by atoms with E-state index in [1.54, 1.807) is 6.20 Å². The Morgan fingerprint density at radius 3 is 2.03 bits per heavy atom. The zero-order chi connectivity index (χ0) is 20.5. The summed E-state index contributed by atoms with van der Waals surface area (Å²) in [5.74, 6) is 3.40. The molecule has 2 aliphatic rings. The van der Waals surface area contributed by atoms with Crippen LogP contribution in [0.25, 0.3) is 0 Å². The van der Waals surface area contributed by atoms with Gasteiger partial charge in [-0.3, -0.25) is 9.78 Å². The zero-order valence-electron chi connectivity index (χ0n) is 18.7. The Labute approximate surface area is 178 Å². The maximum absolute atomic E-state index is 12.4. The van der Waals surface area contributed by atoms with Gasteiger partial charge < -0.3 is 4.74 Å². The van der Waals surface area contributed by atoms with Crippen LogP contribution in [0, 0.1) is 30.6 Å². The molecular formula is C26H41NO2. The van der Waals surface area contributed by atoms with Crippen molar-refractivity contribution in [2.75, 3.05) is 0 Å². The number of hydrogen-bond acceptors (Lipinski definition) is 3. The minimum Gasteiger partial charge on any atom is -0.425 e. The zero-order valence-corrected chi connectivity index (χ0v) is 18.7. The predicted octanol–water partition coefficient (Wildman–Crippen LogP) is 7.27. The third-order valence-corrected chi connectivity index (χ3v) is 7.45. The van der Waals surface area contributed by atoms with Gasteiger partial charge in [-0.15, -0.1) is 0 Å². The number of nitrogens with zero attached hydrogens (tertiary/aromatic N) is 1. The van der Waals surface area contributed by atoms with E-state index in [-0.39, 0.29) is 11.9 Å². The molecule has 0 aromatic carbocycles. The summed E-state index contributed by atoms with van der Waals surface area (Å²) in [7, 11) is 0. The second-order valence-electron chi connectivity index (χ2n) is 9.73. The van der Waals surface area contributed by atoms with Crippen LogP contribution in [-0.2, 0) is 4.79 Å². The molecule has 2 saturated carbocycles. The second-order valence-corrected chi connectivity index (χ2v) is 9.73. The van der Waals surface area contributed by atoms with Crippen molar-refractivity contribution in [3.63, 3.8) is 0 Å². The molecule has 1 heterocycles. The lowest BCUT2D eigenvalue weighted by atomic mass is 9.75. The van der Waals surface area contributed by atoms with Crippen molar-refractivity contribution < 1.29 is 9.53 Å². The smallest absolute Gasteiger partial charge is 0.314 e. The number of hydrogen-bond donors (Lipinski definition) is 0. The van der Waals surface area contributed by atoms with Crippen LogP contribution in [0.15, 0.2) is 18.3 Å². The van der Waals surface area contributed by atoms with Gasteiger partial charge >= 0.3 is 5.97 Å². The molecule has 0 radical (unpaired) electrons. The molecule has 0 N–H and O–H groups in total. The highest BCUT2D eigenvalue weighted by atomic mass is 16.5. The van der Waals surface area contributed by atoms with Gasteiger partial charge in [-0.25, -0.2) is 0 Å². The van der Waals surface area contributed by atoms with Crippen LogP contribution in [0.4, 0.5) is 0 Å². The fourth-order valence-corrected chi connectivity index (χ4v) is 5.36. The number of rotatable bonds is 9. The van der Waals surface area contributed by atoms with E-state index in [0.29, 0.717) is 5.75 Å². The number of pyridine rings is 1. The van der Waals surface area contributed by atoms with E-state index in [2.05, 4.69) is 11.9 Å². The molecule has 0 amide bonds. The van der Waals surface area contributed by atoms with Gasteiger partial charge in [0, 0.05) is 5.69 Å². The summed E-state index contributed by atoms with van der Waals surface area (Å²) in [5, 5.41) is 0. The summed E-state index contributed by atoms with van der Waals surface area (Å²) < 4.78 is 5.54. The number of carbonyl (C=O) groups excluding carboxylic acids is 1. The molecule has 0 atom stereocenters. The van der Waals surface area contributed by atoms with Crippen LogP contribution in [-0.4, -0.2) is 11.0 Å². The highest BCUT2D eigenvalue weighted by Gasteiger charge is 2.29. The number of unbranched alkanes of at least 4 members (excludes halogenated alkanes) is 2. The Kier molecular flexibility index (Phi) is 9.01. The van der Waals surface area contributed by atoms with Crippen LogP contribution < -0.4 is 4.74 Å². The molecule has 0 bridgehead atoms. The van der Waals surface area contributed by atoms with Crippen LogP contribution in [0.5, 0.6) is 5.75 Å². The molecule has 0 aliphatic heterocycles. The topological polar surface area (TPSA) is 39.2 Å². The minimum absolute atomic E-state index is 0.0597. The normalized spacial score (nSPS) is 27.5. The standard InChI is InChI=1S/C26H41NO2/c1-3-4-5-6-21-8-10-22(11-9-21)12-13-23-14-16-24(17-15-23)26(28)29-25-18-7-20(2)27-19-25/h7,18-19,21-24H,3-6,8-17H2,1-2H3. The Hall–Kier alpha value is -1.38. The van der Waals surface area contributed by atoms with E-state index < -0.39 is 0 Å². The summed E-state index contributed by atoms with van der Waals surface area (Å²) in [6.07, 6.45) is 20.3. The lowest BCUT2D eigenvalue weighted by Gasteiger charge is -2.31. The Bertz CT molecular complexity index is 596. The minimum atomic E-state index is -0.0597. The number of esters is 1. The SMILES string of the molecule is CCCCCC1CCC(CCC2CCC(C(=O)Oc3ccc(C)nc3)CC2)CC1. The van der Waals surface area contributed by atoms with Crippen molar-refractivity contribution in [3.8, 4) is 5.75 Å². The first kappa shape index (κ1) is 22.3. The molecular weight excluding hydrogens is 358 g/mol. The van der Waals surface area contributed by atoms with Gasteiger partial charge in [0.25, 0.3) is 0 Å². The van der Waals surface area contributed by atoms with Gasteiger partial charge in [0.1, 0.15) is 5.75 Å². The maximum Gasteiger partial charge on any atom is 0.314 e. The third-order valence-electron chi connectivity index (χ3n) is 7.45. The summed E-state index contributed by atoms with van der Waals surface area (Å²) in [6, 6.07) is 3.72. The van der Waals surface area contributed by atoms with Gasteiger partial charge in [-0.1, -0.05) is 71.1 Å². The summed E-state index contributed by atoms with van der Waals surface area (Å²) in [6.45, 7) is 4.24. The first-order chi connectivity index (χ1) is 14.1. The molecule has 2 aliphatic carbocycles. The molecule has 3 heteroatoms. The molecule has 3 rings (SSSR count). The van der Waals surface area contributed by atoms with Crippen molar-refractivity contribution >= 4 is 5.97 Å². The second kappa shape index (κ2) is 11.7. The van der Waals surface area contributed by atoms with Crippen molar-refractivity contribution in [2.45, 2.75) is 104 Å². The van der Waals surface area contributed by atoms with Crippen molar-refractivity contribution in [1.29, 1.82) is 0 Å². The molecule has 29 heavy (non-hydrogen) atoms. The van der Waals surface area contributed by atoms with Crippen LogP contribution >= 0.6 is 0 Å². The fraction of sp³-hybridized carbons (Fsp3) is 0.769. The molecule has 162 valence electrons. The van der Waals surface area contributed by atoms with Crippen LogP contribution in [0.3, 0.4) is 0 Å². The molecule has 2 fully saturated rings. The Balaban J connectivity index is 1.29. The lowest BCUT2D eigenvalue weighted by molar-refractivity contribution is -0.140. The monoisotopic (exact) mass is 399 g/mol. The lowest BCUT2D eigenvalue weighted by Crippen LogP contribution is -2.26. The predicted molar refractivity (Wildman–Crippen MR) is 119 cm³/mol. The average Bonchev–Trinajstić information content (AvgIpc) is 2.75. The summed E-state index contributed by atoms with van der Waals surface area (Å²) in [4.78, 5) is 16.6. The van der Waals surface area contributed by atoms with E-state index in [0.717, 1.165) is 36.3 Å². The van der Waals surface area contributed by atoms with E-state index in [1.165, 1.54) is 77.0 Å². The van der Waals surface area contributed by atoms with Crippen LogP contribution in [0.2, 0.25) is 0 Å². The molecule has 0 unspecified atom stereocenters. The van der Waals surface area contributed by atoms with Gasteiger partial charge in [0.15, 0.2) is 0 Å². The van der Waals surface area contributed by atoms with Gasteiger partial charge in [-0.05, 0) is 62.5 Å². The summed E-state index contributed by atoms with van der Waals surface area (Å²) >= 11 is 0.